The maximum atomic E-state index is 5.63. The van der Waals surface area contributed by atoms with Crippen LogP contribution in [0.2, 0.25) is 0 Å². The van der Waals surface area contributed by atoms with Crippen LogP contribution in [0.1, 0.15) is 5.56 Å². The minimum absolute atomic E-state index is 0.681. The van der Waals surface area contributed by atoms with Gasteiger partial charge in [0.05, 0.1) is 6.54 Å². The van der Waals surface area contributed by atoms with E-state index in [0.29, 0.717) is 13.2 Å². The fourth-order valence-electron chi connectivity index (χ4n) is 1.73. The van der Waals surface area contributed by atoms with Crippen molar-refractivity contribution in [2.24, 2.45) is 5.73 Å². The van der Waals surface area contributed by atoms with Gasteiger partial charge < -0.3 is 15.0 Å². The fourth-order valence-corrected chi connectivity index (χ4v) is 1.73. The highest BCUT2D eigenvalue weighted by atomic mass is 16.5. The third-order valence-electron chi connectivity index (χ3n) is 2.61. The van der Waals surface area contributed by atoms with E-state index in [4.69, 9.17) is 10.5 Å². The van der Waals surface area contributed by atoms with E-state index in [9.17, 15) is 0 Å². The van der Waals surface area contributed by atoms with Gasteiger partial charge in [0.2, 0.25) is 0 Å². The van der Waals surface area contributed by atoms with Crippen LogP contribution >= 0.6 is 0 Å². The number of hydrogen-bond acceptors (Lipinski definition) is 2. The SMILES string of the molecule is NCCc1ccn(CCOc2ccccc2)c1. The number of nitrogens with zero attached hydrogens (tertiary/aromatic N) is 1. The first-order valence-electron chi connectivity index (χ1n) is 5.91. The highest BCUT2D eigenvalue weighted by Crippen LogP contribution is 2.08. The van der Waals surface area contributed by atoms with E-state index < -0.39 is 0 Å². The zero-order chi connectivity index (χ0) is 11.9. The van der Waals surface area contributed by atoms with Gasteiger partial charge in [-0.05, 0) is 36.7 Å². The van der Waals surface area contributed by atoms with E-state index in [1.165, 1.54) is 5.56 Å². The standard InChI is InChI=1S/C14H18N2O/c15-8-6-13-7-9-16(12-13)10-11-17-14-4-2-1-3-5-14/h1-5,7,9,12H,6,8,10-11,15H2. The fraction of sp³-hybridized carbons (Fsp3) is 0.286. The minimum Gasteiger partial charge on any atom is -0.492 e. The lowest BCUT2D eigenvalue weighted by Crippen LogP contribution is -2.06. The number of benzene rings is 1. The van der Waals surface area contributed by atoms with Gasteiger partial charge in [0, 0.05) is 12.4 Å². The average Bonchev–Trinajstić information content (AvgIpc) is 2.79. The molecule has 0 saturated heterocycles. The zero-order valence-electron chi connectivity index (χ0n) is 9.88. The van der Waals surface area contributed by atoms with Crippen molar-refractivity contribution < 1.29 is 4.74 Å². The van der Waals surface area contributed by atoms with Crippen LogP contribution in [0.3, 0.4) is 0 Å². The lowest BCUT2D eigenvalue weighted by atomic mass is 10.2. The highest BCUT2D eigenvalue weighted by Gasteiger charge is 1.96. The van der Waals surface area contributed by atoms with Gasteiger partial charge in [0.1, 0.15) is 12.4 Å². The molecule has 0 aliphatic carbocycles. The Morgan fingerprint density at radius 2 is 1.94 bits per heavy atom. The number of nitrogens with two attached hydrogens (primary N) is 1. The van der Waals surface area contributed by atoms with Crippen LogP contribution in [0.25, 0.3) is 0 Å². The topological polar surface area (TPSA) is 40.2 Å². The number of ether oxygens (including phenoxy) is 1. The van der Waals surface area contributed by atoms with E-state index in [-0.39, 0.29) is 0 Å². The van der Waals surface area contributed by atoms with Crippen molar-refractivity contribution in [3.05, 3.63) is 54.4 Å². The van der Waals surface area contributed by atoms with Gasteiger partial charge in [-0.3, -0.25) is 0 Å². The summed E-state index contributed by atoms with van der Waals surface area (Å²) < 4.78 is 7.77. The molecule has 17 heavy (non-hydrogen) atoms. The molecule has 0 atom stereocenters. The molecule has 90 valence electrons. The number of para-hydroxylation sites is 1. The molecule has 0 saturated carbocycles. The molecule has 0 amide bonds. The molecule has 0 fully saturated rings. The van der Waals surface area contributed by atoms with E-state index in [0.717, 1.165) is 18.7 Å². The van der Waals surface area contributed by atoms with Gasteiger partial charge in [-0.25, -0.2) is 0 Å². The van der Waals surface area contributed by atoms with Crippen molar-refractivity contribution in [1.82, 2.24) is 4.57 Å². The van der Waals surface area contributed by atoms with Crippen molar-refractivity contribution in [2.45, 2.75) is 13.0 Å². The molecule has 3 nitrogen and oxygen atoms in total. The summed E-state index contributed by atoms with van der Waals surface area (Å²) >= 11 is 0. The van der Waals surface area contributed by atoms with Crippen molar-refractivity contribution in [1.29, 1.82) is 0 Å². The molecule has 0 aliphatic heterocycles. The third-order valence-corrected chi connectivity index (χ3v) is 2.61. The molecule has 3 heteroatoms. The Morgan fingerprint density at radius 1 is 1.12 bits per heavy atom. The first-order valence-corrected chi connectivity index (χ1v) is 5.91. The van der Waals surface area contributed by atoms with Crippen molar-refractivity contribution >= 4 is 0 Å². The summed E-state index contributed by atoms with van der Waals surface area (Å²) in [4.78, 5) is 0. The van der Waals surface area contributed by atoms with Crippen molar-refractivity contribution in [3.63, 3.8) is 0 Å². The van der Waals surface area contributed by atoms with Crippen LogP contribution in [0.15, 0.2) is 48.8 Å². The molecule has 2 aromatic rings. The predicted molar refractivity (Wildman–Crippen MR) is 69.1 cm³/mol. The Kier molecular flexibility index (Phi) is 4.22. The Hall–Kier alpha value is -1.74. The highest BCUT2D eigenvalue weighted by molar-refractivity contribution is 5.20. The van der Waals surface area contributed by atoms with Crippen LogP contribution < -0.4 is 10.5 Å². The normalized spacial score (nSPS) is 10.4. The van der Waals surface area contributed by atoms with Crippen LogP contribution in [0.5, 0.6) is 5.75 Å². The molecule has 0 radical (unpaired) electrons. The Balaban J connectivity index is 1.78. The summed E-state index contributed by atoms with van der Waals surface area (Å²) in [6.07, 6.45) is 5.13. The van der Waals surface area contributed by atoms with Gasteiger partial charge in [0.25, 0.3) is 0 Å². The van der Waals surface area contributed by atoms with Gasteiger partial charge in [-0.2, -0.15) is 0 Å². The zero-order valence-corrected chi connectivity index (χ0v) is 9.88. The second-order valence-corrected chi connectivity index (χ2v) is 3.96. The quantitative estimate of drug-likeness (QED) is 0.825. The van der Waals surface area contributed by atoms with E-state index in [1.807, 2.05) is 30.3 Å². The predicted octanol–water partition coefficient (Wildman–Crippen LogP) is 2.07. The Bertz CT molecular complexity index is 436. The minimum atomic E-state index is 0.681. The molecule has 1 heterocycles. The van der Waals surface area contributed by atoms with Crippen LogP contribution in [0, 0.1) is 0 Å². The largest absolute Gasteiger partial charge is 0.492 e. The molecular formula is C14H18N2O. The van der Waals surface area contributed by atoms with E-state index in [2.05, 4.69) is 23.0 Å². The van der Waals surface area contributed by atoms with Gasteiger partial charge >= 0.3 is 0 Å². The van der Waals surface area contributed by atoms with E-state index in [1.54, 1.807) is 0 Å². The summed E-state index contributed by atoms with van der Waals surface area (Å²) in [6, 6.07) is 12.0. The molecule has 0 bridgehead atoms. The number of rotatable bonds is 6. The lowest BCUT2D eigenvalue weighted by Gasteiger charge is -2.06. The summed E-state index contributed by atoms with van der Waals surface area (Å²) in [5.74, 6) is 0.918. The first kappa shape index (κ1) is 11.7. The smallest absolute Gasteiger partial charge is 0.119 e. The van der Waals surface area contributed by atoms with Crippen molar-refractivity contribution in [2.75, 3.05) is 13.2 Å². The Morgan fingerprint density at radius 3 is 2.71 bits per heavy atom. The molecule has 2 N–H and O–H groups in total. The molecular weight excluding hydrogens is 212 g/mol. The second kappa shape index (κ2) is 6.11. The maximum absolute atomic E-state index is 5.63. The maximum Gasteiger partial charge on any atom is 0.119 e. The van der Waals surface area contributed by atoms with Gasteiger partial charge in [0.15, 0.2) is 0 Å². The average molecular weight is 230 g/mol. The second-order valence-electron chi connectivity index (χ2n) is 3.96. The van der Waals surface area contributed by atoms with Crippen LogP contribution in [-0.4, -0.2) is 17.7 Å². The molecule has 0 aliphatic rings. The number of hydrogen-bond donors (Lipinski definition) is 1. The third kappa shape index (κ3) is 3.64. The summed E-state index contributed by atoms with van der Waals surface area (Å²) in [6.45, 7) is 2.24. The number of aromatic nitrogens is 1. The van der Waals surface area contributed by atoms with Crippen LogP contribution in [0.4, 0.5) is 0 Å². The Labute approximate surface area is 102 Å². The first-order chi connectivity index (χ1) is 8.38. The van der Waals surface area contributed by atoms with Gasteiger partial charge in [-0.1, -0.05) is 18.2 Å². The molecule has 0 spiro atoms. The molecule has 1 aromatic carbocycles. The van der Waals surface area contributed by atoms with Crippen LogP contribution in [-0.2, 0) is 13.0 Å². The lowest BCUT2D eigenvalue weighted by molar-refractivity contribution is 0.298. The molecule has 2 rings (SSSR count). The summed E-state index contributed by atoms with van der Waals surface area (Å²) in [5.41, 5.74) is 6.80. The van der Waals surface area contributed by atoms with Crippen molar-refractivity contribution in [3.8, 4) is 5.75 Å². The molecule has 0 unspecified atom stereocenters. The monoisotopic (exact) mass is 230 g/mol. The van der Waals surface area contributed by atoms with Gasteiger partial charge in [-0.15, -0.1) is 0 Å². The molecule has 1 aromatic heterocycles. The summed E-state index contributed by atoms with van der Waals surface area (Å²) in [5, 5.41) is 0. The van der Waals surface area contributed by atoms with E-state index >= 15 is 0 Å². The summed E-state index contributed by atoms with van der Waals surface area (Å²) in [7, 11) is 0.